The Bertz CT molecular complexity index is 743. The number of hydrogen-bond donors (Lipinski definition) is 2. The fourth-order valence-corrected chi connectivity index (χ4v) is 4.46. The van der Waals surface area contributed by atoms with Gasteiger partial charge in [-0.05, 0) is 50.4 Å². The maximum absolute atomic E-state index is 12.5. The van der Waals surface area contributed by atoms with Gasteiger partial charge in [-0.1, -0.05) is 13.0 Å². The molecule has 1 saturated carbocycles. The Hall–Kier alpha value is -1.48. The van der Waals surface area contributed by atoms with Crippen LogP contribution in [0.5, 0.6) is 0 Å². The number of sulfonamides is 1. The van der Waals surface area contributed by atoms with Crippen molar-refractivity contribution in [2.45, 2.75) is 49.6 Å². The summed E-state index contributed by atoms with van der Waals surface area (Å²) in [4.78, 5) is 14.8. The molecular formula is C19H29N3O4S. The monoisotopic (exact) mass is 395 g/mol. The first-order valence-corrected chi connectivity index (χ1v) is 11.2. The summed E-state index contributed by atoms with van der Waals surface area (Å²) in [5.74, 6) is -0.252. The number of rotatable bonds is 10. The normalized spacial score (nSPS) is 20.1. The van der Waals surface area contributed by atoms with Crippen molar-refractivity contribution in [2.24, 2.45) is 0 Å². The van der Waals surface area contributed by atoms with Crippen LogP contribution in [0.1, 0.15) is 43.0 Å². The summed E-state index contributed by atoms with van der Waals surface area (Å²) in [5.41, 5.74) is 0.351. The van der Waals surface area contributed by atoms with Crippen LogP contribution in [0.4, 0.5) is 0 Å². The van der Waals surface area contributed by atoms with Gasteiger partial charge in [0.05, 0.1) is 11.0 Å². The number of hydrogen-bond acceptors (Lipinski definition) is 5. The highest BCUT2D eigenvalue weighted by Crippen LogP contribution is 2.25. The molecule has 3 rings (SSSR count). The number of likely N-dealkylation sites (N-methyl/N-ethyl adjacent to an activating group) is 1. The Morgan fingerprint density at radius 2 is 2.11 bits per heavy atom. The molecule has 1 saturated heterocycles. The lowest BCUT2D eigenvalue weighted by molar-refractivity contribution is 0.0947. The van der Waals surface area contributed by atoms with E-state index in [4.69, 9.17) is 4.74 Å². The van der Waals surface area contributed by atoms with E-state index in [1.165, 1.54) is 25.0 Å². The zero-order chi connectivity index (χ0) is 19.3. The molecule has 150 valence electrons. The summed E-state index contributed by atoms with van der Waals surface area (Å²) < 4.78 is 33.0. The van der Waals surface area contributed by atoms with Gasteiger partial charge < -0.3 is 10.1 Å². The van der Waals surface area contributed by atoms with Crippen molar-refractivity contribution >= 4 is 15.9 Å². The van der Waals surface area contributed by atoms with Gasteiger partial charge in [-0.2, -0.15) is 0 Å². The van der Waals surface area contributed by atoms with Crippen LogP contribution in [0.15, 0.2) is 29.2 Å². The van der Waals surface area contributed by atoms with Gasteiger partial charge in [-0.3, -0.25) is 9.69 Å². The van der Waals surface area contributed by atoms with E-state index in [1.807, 2.05) is 0 Å². The van der Waals surface area contributed by atoms with Crippen LogP contribution in [-0.2, 0) is 14.8 Å². The number of nitrogens with zero attached hydrogens (tertiary/aromatic N) is 1. The van der Waals surface area contributed by atoms with E-state index < -0.39 is 10.0 Å². The van der Waals surface area contributed by atoms with Crippen molar-refractivity contribution in [3.05, 3.63) is 29.8 Å². The highest BCUT2D eigenvalue weighted by Gasteiger charge is 2.27. The maximum atomic E-state index is 12.5. The van der Waals surface area contributed by atoms with E-state index in [9.17, 15) is 13.2 Å². The van der Waals surface area contributed by atoms with Gasteiger partial charge in [-0.25, -0.2) is 13.1 Å². The van der Waals surface area contributed by atoms with E-state index >= 15 is 0 Å². The molecule has 1 aliphatic heterocycles. The maximum Gasteiger partial charge on any atom is 0.251 e. The zero-order valence-electron chi connectivity index (χ0n) is 15.8. The van der Waals surface area contributed by atoms with Crippen molar-refractivity contribution in [1.29, 1.82) is 0 Å². The minimum atomic E-state index is -3.66. The molecule has 0 bridgehead atoms. The van der Waals surface area contributed by atoms with Crippen LogP contribution in [0.25, 0.3) is 0 Å². The molecule has 8 heteroatoms. The molecule has 2 aliphatic rings. The Morgan fingerprint density at radius 3 is 2.78 bits per heavy atom. The van der Waals surface area contributed by atoms with Gasteiger partial charge in [0.25, 0.3) is 5.91 Å². The van der Waals surface area contributed by atoms with Crippen LogP contribution in [-0.4, -0.2) is 64.2 Å². The third-order valence-corrected chi connectivity index (χ3v) is 6.51. The summed E-state index contributed by atoms with van der Waals surface area (Å²) in [5, 5.41) is 2.89. The summed E-state index contributed by atoms with van der Waals surface area (Å²) in [6, 6.07) is 6.81. The van der Waals surface area contributed by atoms with E-state index in [0.29, 0.717) is 24.8 Å². The van der Waals surface area contributed by atoms with Crippen molar-refractivity contribution < 1.29 is 17.9 Å². The van der Waals surface area contributed by atoms with Crippen LogP contribution in [0.3, 0.4) is 0 Å². The largest absolute Gasteiger partial charge is 0.377 e. The molecule has 0 aromatic heterocycles. The minimum absolute atomic E-state index is 0.0702. The second kappa shape index (κ2) is 9.14. The number of amides is 1. The van der Waals surface area contributed by atoms with Gasteiger partial charge in [0.2, 0.25) is 10.0 Å². The molecule has 1 aromatic carbocycles. The quantitative estimate of drug-likeness (QED) is 0.625. The first-order valence-electron chi connectivity index (χ1n) is 9.73. The lowest BCUT2D eigenvalue weighted by Crippen LogP contribution is -2.36. The van der Waals surface area contributed by atoms with Crippen molar-refractivity contribution in [3.8, 4) is 0 Å². The fraction of sp³-hybridized carbons (Fsp3) is 0.632. The van der Waals surface area contributed by atoms with Crippen molar-refractivity contribution in [2.75, 3.05) is 32.8 Å². The van der Waals surface area contributed by atoms with E-state index in [0.717, 1.165) is 25.9 Å². The standard InChI is InChI=1S/C19H29N3O4S/c1-2-22(16-8-9-16)11-10-20-19(23)15-5-3-7-18(13-15)27(24,25)21-14-17-6-4-12-26-17/h3,5,7,13,16-17,21H,2,4,6,8-12,14H2,1H3,(H,20,23). The number of ether oxygens (including phenoxy) is 1. The number of benzene rings is 1. The summed E-state index contributed by atoms with van der Waals surface area (Å²) >= 11 is 0. The molecule has 1 aliphatic carbocycles. The molecule has 1 unspecified atom stereocenters. The smallest absolute Gasteiger partial charge is 0.251 e. The SMILES string of the molecule is CCN(CCNC(=O)c1cccc(S(=O)(=O)NCC2CCCO2)c1)C1CC1. The third-order valence-electron chi connectivity index (χ3n) is 5.09. The number of nitrogens with one attached hydrogen (secondary N) is 2. The first kappa shape index (κ1) is 20.3. The highest BCUT2D eigenvalue weighted by molar-refractivity contribution is 7.89. The van der Waals surface area contributed by atoms with Gasteiger partial charge in [0.1, 0.15) is 0 Å². The summed E-state index contributed by atoms with van der Waals surface area (Å²) in [7, 11) is -3.66. The van der Waals surface area contributed by atoms with Crippen molar-refractivity contribution in [1.82, 2.24) is 14.9 Å². The zero-order valence-corrected chi connectivity index (χ0v) is 16.6. The van der Waals surface area contributed by atoms with E-state index in [-0.39, 0.29) is 23.5 Å². The summed E-state index contributed by atoms with van der Waals surface area (Å²) in [6.45, 7) is 5.40. The van der Waals surface area contributed by atoms with Gasteiger partial charge in [0, 0.05) is 37.8 Å². The van der Waals surface area contributed by atoms with Crippen LogP contribution >= 0.6 is 0 Å². The van der Waals surface area contributed by atoms with Crippen LogP contribution < -0.4 is 10.0 Å². The average Bonchev–Trinajstić information content (AvgIpc) is 3.38. The molecule has 0 radical (unpaired) electrons. The number of carbonyl (C=O) groups excluding carboxylic acids is 1. The third kappa shape index (κ3) is 5.75. The average molecular weight is 396 g/mol. The Morgan fingerprint density at radius 1 is 1.30 bits per heavy atom. The minimum Gasteiger partial charge on any atom is -0.377 e. The molecule has 2 N–H and O–H groups in total. The highest BCUT2D eigenvalue weighted by atomic mass is 32.2. The predicted octanol–water partition coefficient (Wildman–Crippen LogP) is 1.36. The molecule has 1 amide bonds. The van der Waals surface area contributed by atoms with Crippen molar-refractivity contribution in [3.63, 3.8) is 0 Å². The topological polar surface area (TPSA) is 87.7 Å². The number of carbonyl (C=O) groups is 1. The van der Waals surface area contributed by atoms with Gasteiger partial charge in [-0.15, -0.1) is 0 Å². The predicted molar refractivity (Wildman–Crippen MR) is 103 cm³/mol. The van der Waals surface area contributed by atoms with Gasteiger partial charge in [0.15, 0.2) is 0 Å². The lowest BCUT2D eigenvalue weighted by atomic mass is 10.2. The van der Waals surface area contributed by atoms with E-state index in [1.54, 1.807) is 12.1 Å². The molecule has 7 nitrogen and oxygen atoms in total. The second-order valence-electron chi connectivity index (χ2n) is 7.13. The van der Waals surface area contributed by atoms with Crippen LogP contribution in [0, 0.1) is 0 Å². The van der Waals surface area contributed by atoms with Crippen LogP contribution in [0.2, 0.25) is 0 Å². The first-order chi connectivity index (χ1) is 13.0. The molecule has 2 fully saturated rings. The molecule has 1 heterocycles. The summed E-state index contributed by atoms with van der Waals surface area (Å²) in [6.07, 6.45) is 4.22. The molecule has 27 heavy (non-hydrogen) atoms. The molecule has 1 atom stereocenters. The lowest BCUT2D eigenvalue weighted by Gasteiger charge is -2.19. The second-order valence-corrected chi connectivity index (χ2v) is 8.90. The Kier molecular flexibility index (Phi) is 6.86. The van der Waals surface area contributed by atoms with E-state index in [2.05, 4.69) is 21.9 Å². The molecular weight excluding hydrogens is 366 g/mol. The molecule has 1 aromatic rings. The molecule has 0 spiro atoms. The Balaban J connectivity index is 1.54. The fourth-order valence-electron chi connectivity index (χ4n) is 3.35. The Labute approximate surface area is 161 Å². The van der Waals surface area contributed by atoms with Gasteiger partial charge >= 0.3 is 0 Å².